The van der Waals surface area contributed by atoms with Crippen molar-refractivity contribution in [1.29, 1.82) is 0 Å². The summed E-state index contributed by atoms with van der Waals surface area (Å²) in [5.41, 5.74) is 0. The molecule has 12 valence electrons. The van der Waals surface area contributed by atoms with E-state index in [9.17, 15) is 0 Å². The van der Waals surface area contributed by atoms with Crippen molar-refractivity contribution in [2.24, 2.45) is 0 Å². The van der Waals surface area contributed by atoms with Gasteiger partial charge in [-0.1, -0.05) is 0 Å². The first kappa shape index (κ1) is 16.0. The third-order valence-corrected chi connectivity index (χ3v) is 0. The summed E-state index contributed by atoms with van der Waals surface area (Å²) in [7, 11) is 0. The normalized spacial score (nSPS) is 1.00. The molecular formula is Na2OSn. The predicted molar refractivity (Wildman–Crippen MR) is 17.9 cm³/mol. The fraction of sp³-hybridized carbons (Fsp3) is 0. The minimum absolute atomic E-state index is 0. The van der Waals surface area contributed by atoms with Crippen LogP contribution in [0.4, 0.5) is 0 Å². The molecule has 0 bridgehead atoms. The fourth-order valence-corrected chi connectivity index (χ4v) is 0. The molecule has 0 N–H and O–H groups in total. The van der Waals surface area contributed by atoms with Crippen LogP contribution >= 0.6 is 0 Å². The van der Waals surface area contributed by atoms with Gasteiger partial charge in [-0.3, -0.25) is 0 Å². The van der Waals surface area contributed by atoms with Crippen molar-refractivity contribution in [3.63, 3.8) is 0 Å². The van der Waals surface area contributed by atoms with Crippen molar-refractivity contribution in [2.75, 3.05) is 0 Å². The predicted octanol–water partition coefficient (Wildman–Crippen LogP) is -1.26. The molecule has 0 aromatic rings. The van der Waals surface area contributed by atoms with Crippen molar-refractivity contribution in [2.45, 2.75) is 0 Å². The molecule has 0 aromatic carbocycles. The SMILES string of the molecule is [Na].[Na].[O]=[Sn]. The molecule has 0 aliphatic carbocycles. The Hall–Kier alpha value is 2.60. The standard InChI is InChI=1S/2Na.O.Sn. The zero-order valence-corrected chi connectivity index (χ0v) is 9.76. The molecule has 0 aromatic heterocycles. The molecule has 0 amide bonds. The zero-order chi connectivity index (χ0) is 2.00. The summed E-state index contributed by atoms with van der Waals surface area (Å²) in [6, 6.07) is 0. The zero-order valence-electron chi connectivity index (χ0n) is 2.91. The molecule has 0 spiro atoms. The first-order chi connectivity index (χ1) is 1.00. The van der Waals surface area contributed by atoms with E-state index in [1.165, 1.54) is 0 Å². The maximum atomic E-state index is 8.34. The monoisotopic (exact) mass is 182 g/mol. The molecule has 0 saturated carbocycles. The second-order valence-corrected chi connectivity index (χ2v) is 0. The van der Waals surface area contributed by atoms with Gasteiger partial charge < -0.3 is 0 Å². The molecule has 4 radical (unpaired) electrons. The number of hydrogen-bond acceptors (Lipinski definition) is 1. The number of hydrogen-bond donors (Lipinski definition) is 0. The topological polar surface area (TPSA) is 17.1 Å². The van der Waals surface area contributed by atoms with Crippen LogP contribution in [0.5, 0.6) is 0 Å². The molecule has 0 heterocycles. The Morgan fingerprint density at radius 2 is 1.00 bits per heavy atom. The van der Waals surface area contributed by atoms with E-state index in [1.807, 2.05) is 0 Å². The van der Waals surface area contributed by atoms with E-state index in [1.54, 1.807) is 0 Å². The molecule has 0 aliphatic rings. The van der Waals surface area contributed by atoms with Crippen LogP contribution in [-0.4, -0.2) is 81.6 Å². The Labute approximate surface area is 83.0 Å². The van der Waals surface area contributed by atoms with Crippen LogP contribution < -0.4 is 0 Å². The van der Waals surface area contributed by atoms with Crippen LogP contribution in [0.1, 0.15) is 0 Å². The summed E-state index contributed by atoms with van der Waals surface area (Å²) in [5.74, 6) is 0. The minimum atomic E-state index is 0. The van der Waals surface area contributed by atoms with Crippen molar-refractivity contribution < 1.29 is 3.08 Å². The van der Waals surface area contributed by atoms with Gasteiger partial charge in [-0.25, -0.2) is 0 Å². The molecule has 0 saturated heterocycles. The maximum absolute atomic E-state index is 8.34. The van der Waals surface area contributed by atoms with Gasteiger partial charge in [0, 0.05) is 59.1 Å². The van der Waals surface area contributed by atoms with Gasteiger partial charge in [0.2, 0.25) is 0 Å². The van der Waals surface area contributed by atoms with Gasteiger partial charge in [0.1, 0.15) is 0 Å². The second-order valence-electron chi connectivity index (χ2n) is 0. The molecule has 1 nitrogen and oxygen atoms in total. The van der Waals surface area contributed by atoms with Crippen molar-refractivity contribution in [3.05, 3.63) is 0 Å². The van der Waals surface area contributed by atoms with E-state index in [0.717, 1.165) is 0 Å². The van der Waals surface area contributed by atoms with Gasteiger partial charge in [0.15, 0.2) is 0 Å². The Balaban J connectivity index is -0.00000000500. The first-order valence-electron chi connectivity index (χ1n) is 0.204. The summed E-state index contributed by atoms with van der Waals surface area (Å²) in [6.45, 7) is 0. The van der Waals surface area contributed by atoms with Crippen molar-refractivity contribution in [1.82, 2.24) is 0 Å². The van der Waals surface area contributed by atoms with Gasteiger partial charge in [-0.05, 0) is 0 Å². The summed E-state index contributed by atoms with van der Waals surface area (Å²) in [4.78, 5) is 0. The Morgan fingerprint density at radius 1 is 1.00 bits per heavy atom. The van der Waals surface area contributed by atoms with E-state index in [-0.39, 0.29) is 59.1 Å². The van der Waals surface area contributed by atoms with Gasteiger partial charge in [0.25, 0.3) is 0 Å². The first-order valence-corrected chi connectivity index (χ1v) is 1.37. The summed E-state index contributed by atoms with van der Waals surface area (Å²) >= 11 is 0.300. The van der Waals surface area contributed by atoms with Crippen molar-refractivity contribution >= 4 is 81.6 Å². The van der Waals surface area contributed by atoms with E-state index in [2.05, 4.69) is 0 Å². The average Bonchev–Trinajstić information content (AvgIpc) is 1.00. The molecular weight excluding hydrogens is 181 g/mol. The molecule has 4 heteroatoms. The van der Waals surface area contributed by atoms with Crippen LogP contribution in [0.3, 0.4) is 0 Å². The average molecular weight is 181 g/mol. The molecule has 0 atom stereocenters. The Morgan fingerprint density at radius 3 is 1.00 bits per heavy atom. The van der Waals surface area contributed by atoms with Gasteiger partial charge in [-0.15, -0.1) is 0 Å². The Bertz CT molecular complexity index is 6.00. The van der Waals surface area contributed by atoms with Crippen LogP contribution in [0, 0.1) is 0 Å². The third-order valence-electron chi connectivity index (χ3n) is 0. The van der Waals surface area contributed by atoms with Crippen LogP contribution in [0.25, 0.3) is 0 Å². The molecule has 0 rings (SSSR count). The van der Waals surface area contributed by atoms with Gasteiger partial charge in [-0.2, -0.15) is 0 Å². The fourth-order valence-electron chi connectivity index (χ4n) is 0. The number of rotatable bonds is 0. The van der Waals surface area contributed by atoms with E-state index in [4.69, 9.17) is 3.08 Å². The van der Waals surface area contributed by atoms with Crippen LogP contribution in [0.2, 0.25) is 0 Å². The summed E-state index contributed by atoms with van der Waals surface area (Å²) in [6.07, 6.45) is 0. The van der Waals surface area contributed by atoms with Crippen molar-refractivity contribution in [3.8, 4) is 0 Å². The third kappa shape index (κ3) is 8.82. The molecule has 0 aliphatic heterocycles. The van der Waals surface area contributed by atoms with Gasteiger partial charge in [0.05, 0.1) is 0 Å². The van der Waals surface area contributed by atoms with Crippen LogP contribution in [0.15, 0.2) is 0 Å². The van der Waals surface area contributed by atoms with E-state index >= 15 is 0 Å². The van der Waals surface area contributed by atoms with E-state index < -0.39 is 0 Å². The molecule has 4 heavy (non-hydrogen) atoms. The Kier molecular flexibility index (Phi) is 70.0. The summed E-state index contributed by atoms with van der Waals surface area (Å²) < 4.78 is 8.34. The van der Waals surface area contributed by atoms with Crippen LogP contribution in [-0.2, 0) is 3.08 Å². The van der Waals surface area contributed by atoms with E-state index in [0.29, 0.717) is 22.5 Å². The quantitative estimate of drug-likeness (QED) is 0.426. The summed E-state index contributed by atoms with van der Waals surface area (Å²) in [5, 5.41) is 0. The second kappa shape index (κ2) is 17.5. The molecule has 0 unspecified atom stereocenters. The molecule has 0 fully saturated rings. The van der Waals surface area contributed by atoms with Gasteiger partial charge >= 0.3 is 25.6 Å².